The molecular formula is C16H21N3O2S. The summed E-state index contributed by atoms with van der Waals surface area (Å²) in [5.74, 6) is 0. The molecule has 1 aliphatic rings. The van der Waals surface area contributed by atoms with Crippen LogP contribution < -0.4 is 4.72 Å². The third-order valence-corrected chi connectivity index (χ3v) is 5.79. The van der Waals surface area contributed by atoms with E-state index in [1.54, 1.807) is 6.07 Å². The number of H-pyrrole nitrogens is 1. The second kappa shape index (κ2) is 5.85. The second-order valence-corrected chi connectivity index (χ2v) is 7.61. The van der Waals surface area contributed by atoms with Crippen molar-refractivity contribution in [3.05, 3.63) is 46.3 Å². The van der Waals surface area contributed by atoms with Crippen LogP contribution in [0.15, 0.2) is 23.1 Å². The monoisotopic (exact) mass is 319 g/mol. The number of nitrogens with one attached hydrogen (secondary N) is 2. The van der Waals surface area contributed by atoms with Gasteiger partial charge in [-0.2, -0.15) is 5.10 Å². The Balaban J connectivity index is 1.69. The van der Waals surface area contributed by atoms with Gasteiger partial charge in [0.1, 0.15) is 0 Å². The van der Waals surface area contributed by atoms with E-state index in [-0.39, 0.29) is 0 Å². The first kappa shape index (κ1) is 15.2. The molecule has 2 aromatic rings. The molecule has 0 saturated heterocycles. The summed E-state index contributed by atoms with van der Waals surface area (Å²) in [6.45, 7) is 4.25. The van der Waals surface area contributed by atoms with E-state index in [2.05, 4.69) is 14.9 Å². The Morgan fingerprint density at radius 3 is 2.73 bits per heavy atom. The lowest BCUT2D eigenvalue weighted by molar-refractivity contribution is 0.581. The van der Waals surface area contributed by atoms with E-state index in [0.717, 1.165) is 36.2 Å². The zero-order valence-corrected chi connectivity index (χ0v) is 13.8. The standard InChI is InChI=1S/C16H21N3O2S/c1-11-16(12(2)19-18-11)8-9-17-22(20,21)15-7-6-13-4-3-5-14(13)10-15/h6-7,10,17H,3-5,8-9H2,1-2H3,(H,18,19). The first-order chi connectivity index (χ1) is 10.5. The van der Waals surface area contributed by atoms with Gasteiger partial charge in [0.05, 0.1) is 10.6 Å². The highest BCUT2D eigenvalue weighted by molar-refractivity contribution is 7.89. The van der Waals surface area contributed by atoms with Gasteiger partial charge in [0.25, 0.3) is 0 Å². The van der Waals surface area contributed by atoms with Crippen LogP contribution in [-0.2, 0) is 29.3 Å². The maximum absolute atomic E-state index is 12.4. The molecular weight excluding hydrogens is 298 g/mol. The van der Waals surface area contributed by atoms with Crippen molar-refractivity contribution >= 4 is 10.0 Å². The van der Waals surface area contributed by atoms with Crippen LogP contribution in [0, 0.1) is 13.8 Å². The minimum atomic E-state index is -3.44. The van der Waals surface area contributed by atoms with E-state index < -0.39 is 10.0 Å². The zero-order chi connectivity index (χ0) is 15.7. The molecule has 1 heterocycles. The fourth-order valence-electron chi connectivity index (χ4n) is 3.05. The van der Waals surface area contributed by atoms with Gasteiger partial charge in [0.2, 0.25) is 10.0 Å². The Morgan fingerprint density at radius 1 is 1.23 bits per heavy atom. The molecule has 1 aromatic heterocycles. The SMILES string of the molecule is Cc1n[nH]c(C)c1CCNS(=O)(=O)c1ccc2c(c1)CCC2. The average molecular weight is 319 g/mol. The van der Waals surface area contributed by atoms with Crippen LogP contribution in [0.5, 0.6) is 0 Å². The molecule has 0 amide bonds. The molecule has 0 unspecified atom stereocenters. The van der Waals surface area contributed by atoms with E-state index >= 15 is 0 Å². The summed E-state index contributed by atoms with van der Waals surface area (Å²) in [7, 11) is -3.44. The quantitative estimate of drug-likeness (QED) is 0.885. The summed E-state index contributed by atoms with van der Waals surface area (Å²) in [6, 6.07) is 5.47. The molecule has 0 spiro atoms. The van der Waals surface area contributed by atoms with E-state index in [9.17, 15) is 8.42 Å². The Kier molecular flexibility index (Phi) is 4.06. The number of nitrogens with zero attached hydrogens (tertiary/aromatic N) is 1. The number of aromatic nitrogens is 2. The van der Waals surface area contributed by atoms with Gasteiger partial charge >= 0.3 is 0 Å². The molecule has 0 atom stereocenters. The molecule has 118 valence electrons. The van der Waals surface area contributed by atoms with Gasteiger partial charge in [-0.1, -0.05) is 6.07 Å². The molecule has 0 aliphatic heterocycles. The average Bonchev–Trinajstić information content (AvgIpc) is 3.07. The topological polar surface area (TPSA) is 74.8 Å². The number of rotatable bonds is 5. The van der Waals surface area contributed by atoms with E-state index in [1.807, 2.05) is 26.0 Å². The lowest BCUT2D eigenvalue weighted by Gasteiger charge is -2.09. The third-order valence-electron chi connectivity index (χ3n) is 4.33. The van der Waals surface area contributed by atoms with Crippen molar-refractivity contribution in [2.24, 2.45) is 0 Å². The number of sulfonamides is 1. The number of hydrogen-bond donors (Lipinski definition) is 2. The van der Waals surface area contributed by atoms with Crippen molar-refractivity contribution in [2.45, 2.75) is 44.4 Å². The summed E-state index contributed by atoms with van der Waals surface area (Å²) >= 11 is 0. The number of fused-ring (bicyclic) bond motifs is 1. The maximum atomic E-state index is 12.4. The molecule has 6 heteroatoms. The highest BCUT2D eigenvalue weighted by Crippen LogP contribution is 2.24. The molecule has 0 fully saturated rings. The van der Waals surface area contributed by atoms with Crippen molar-refractivity contribution in [2.75, 3.05) is 6.54 Å². The van der Waals surface area contributed by atoms with Gasteiger partial charge in [-0.3, -0.25) is 5.10 Å². The van der Waals surface area contributed by atoms with Gasteiger partial charge in [-0.25, -0.2) is 13.1 Å². The van der Waals surface area contributed by atoms with Gasteiger partial charge < -0.3 is 0 Å². The van der Waals surface area contributed by atoms with Crippen molar-refractivity contribution < 1.29 is 8.42 Å². The van der Waals surface area contributed by atoms with Crippen LogP contribution in [-0.4, -0.2) is 25.2 Å². The molecule has 2 N–H and O–H groups in total. The molecule has 1 aliphatic carbocycles. The van der Waals surface area contributed by atoms with Crippen LogP contribution >= 0.6 is 0 Å². The summed E-state index contributed by atoms with van der Waals surface area (Å²) in [6.07, 6.45) is 3.79. The van der Waals surface area contributed by atoms with Crippen LogP contribution in [0.4, 0.5) is 0 Å². The van der Waals surface area contributed by atoms with E-state index in [0.29, 0.717) is 17.9 Å². The Hall–Kier alpha value is -1.66. The van der Waals surface area contributed by atoms with E-state index in [4.69, 9.17) is 0 Å². The number of aromatic amines is 1. The van der Waals surface area contributed by atoms with Crippen LogP contribution in [0.2, 0.25) is 0 Å². The molecule has 0 saturated carbocycles. The summed E-state index contributed by atoms with van der Waals surface area (Å²) < 4.78 is 27.5. The summed E-state index contributed by atoms with van der Waals surface area (Å²) in [5.41, 5.74) is 5.45. The molecule has 0 bridgehead atoms. The first-order valence-corrected chi connectivity index (χ1v) is 9.07. The number of benzene rings is 1. The molecule has 22 heavy (non-hydrogen) atoms. The summed E-state index contributed by atoms with van der Waals surface area (Å²) in [5, 5.41) is 7.04. The largest absolute Gasteiger partial charge is 0.282 e. The highest BCUT2D eigenvalue weighted by Gasteiger charge is 2.18. The van der Waals surface area contributed by atoms with Crippen LogP contribution in [0.1, 0.15) is 34.5 Å². The Bertz CT molecular complexity index is 774. The third kappa shape index (κ3) is 2.94. The predicted octanol–water partition coefficient (Wildman–Crippen LogP) is 2.04. The van der Waals surface area contributed by atoms with Crippen LogP contribution in [0.25, 0.3) is 0 Å². The fourth-order valence-corrected chi connectivity index (χ4v) is 4.13. The molecule has 0 radical (unpaired) electrons. The summed E-state index contributed by atoms with van der Waals surface area (Å²) in [4.78, 5) is 0.369. The zero-order valence-electron chi connectivity index (χ0n) is 12.9. The highest BCUT2D eigenvalue weighted by atomic mass is 32.2. The van der Waals surface area contributed by atoms with Crippen molar-refractivity contribution in [1.29, 1.82) is 0 Å². The van der Waals surface area contributed by atoms with Crippen molar-refractivity contribution in [1.82, 2.24) is 14.9 Å². The fraction of sp³-hybridized carbons (Fsp3) is 0.438. The Morgan fingerprint density at radius 2 is 2.00 bits per heavy atom. The molecule has 3 rings (SSSR count). The first-order valence-electron chi connectivity index (χ1n) is 7.59. The Labute approximate surface area is 131 Å². The number of hydrogen-bond acceptors (Lipinski definition) is 3. The lowest BCUT2D eigenvalue weighted by Crippen LogP contribution is -2.26. The van der Waals surface area contributed by atoms with Crippen molar-refractivity contribution in [3.63, 3.8) is 0 Å². The van der Waals surface area contributed by atoms with Gasteiger partial charge in [0.15, 0.2) is 0 Å². The second-order valence-electron chi connectivity index (χ2n) is 5.84. The lowest BCUT2D eigenvalue weighted by atomic mass is 10.1. The van der Waals surface area contributed by atoms with Gasteiger partial charge in [-0.05, 0) is 68.4 Å². The normalized spacial score (nSPS) is 14.3. The number of aryl methyl sites for hydroxylation is 4. The van der Waals surface area contributed by atoms with Crippen molar-refractivity contribution in [3.8, 4) is 0 Å². The van der Waals surface area contributed by atoms with Gasteiger partial charge in [-0.15, -0.1) is 0 Å². The smallest absolute Gasteiger partial charge is 0.240 e. The molecule has 1 aromatic carbocycles. The maximum Gasteiger partial charge on any atom is 0.240 e. The van der Waals surface area contributed by atoms with E-state index in [1.165, 1.54) is 11.1 Å². The minimum absolute atomic E-state index is 0.369. The molecule has 5 nitrogen and oxygen atoms in total. The predicted molar refractivity (Wildman–Crippen MR) is 85.4 cm³/mol. The van der Waals surface area contributed by atoms with Crippen LogP contribution in [0.3, 0.4) is 0 Å². The van der Waals surface area contributed by atoms with Gasteiger partial charge in [0, 0.05) is 12.2 Å². The minimum Gasteiger partial charge on any atom is -0.282 e.